The lowest BCUT2D eigenvalue weighted by molar-refractivity contribution is 0.0224. The molecular formula is C21H22ClFN2. The number of anilines is 1. The number of halogens is 2. The highest BCUT2D eigenvalue weighted by atomic mass is 35.5. The molecule has 1 fully saturated rings. The summed E-state index contributed by atoms with van der Waals surface area (Å²) in [5, 5.41) is 4.18. The summed E-state index contributed by atoms with van der Waals surface area (Å²) in [6, 6.07) is 16.0. The van der Waals surface area contributed by atoms with Crippen molar-refractivity contribution in [1.82, 2.24) is 4.90 Å². The molecule has 0 saturated carbocycles. The zero-order valence-electron chi connectivity index (χ0n) is 14.1. The summed E-state index contributed by atoms with van der Waals surface area (Å²) >= 11 is 5.89. The average molecular weight is 357 g/mol. The molecule has 4 rings (SSSR count). The summed E-state index contributed by atoms with van der Waals surface area (Å²) in [5.74, 6) is 0. The van der Waals surface area contributed by atoms with E-state index in [0.717, 1.165) is 30.1 Å². The first-order chi connectivity index (χ1) is 12.2. The molecule has 0 amide bonds. The van der Waals surface area contributed by atoms with Gasteiger partial charge in [0.2, 0.25) is 0 Å². The van der Waals surface area contributed by atoms with E-state index in [4.69, 9.17) is 11.6 Å². The first-order valence-corrected chi connectivity index (χ1v) is 9.18. The molecule has 0 bridgehead atoms. The summed E-state index contributed by atoms with van der Waals surface area (Å²) in [4.78, 5) is 1.93. The molecule has 0 radical (unpaired) electrons. The van der Waals surface area contributed by atoms with Gasteiger partial charge in [-0.15, -0.1) is 0 Å². The monoisotopic (exact) mass is 356 g/mol. The number of fused-ring (bicyclic) bond motifs is 2. The molecule has 2 aliphatic rings. The van der Waals surface area contributed by atoms with Gasteiger partial charge in [-0.05, 0) is 35.7 Å². The maximum absolute atomic E-state index is 14.9. The largest absolute Gasteiger partial charge is 0.384 e. The number of benzene rings is 2. The molecule has 2 heterocycles. The van der Waals surface area contributed by atoms with Crippen LogP contribution in [0.3, 0.4) is 0 Å². The molecule has 2 nitrogen and oxygen atoms in total. The van der Waals surface area contributed by atoms with E-state index in [1.165, 1.54) is 11.3 Å². The van der Waals surface area contributed by atoms with Crippen molar-refractivity contribution in [2.45, 2.75) is 24.6 Å². The van der Waals surface area contributed by atoms with E-state index in [1.54, 1.807) is 0 Å². The van der Waals surface area contributed by atoms with Crippen molar-refractivity contribution < 1.29 is 4.39 Å². The first-order valence-electron chi connectivity index (χ1n) is 8.80. The lowest BCUT2D eigenvalue weighted by atomic mass is 9.74. The Labute approximate surface area is 153 Å². The number of alkyl halides is 1. The van der Waals surface area contributed by atoms with E-state index in [9.17, 15) is 4.39 Å². The maximum atomic E-state index is 14.9. The van der Waals surface area contributed by atoms with Crippen LogP contribution in [0.25, 0.3) is 6.08 Å². The highest BCUT2D eigenvalue weighted by molar-refractivity contribution is 6.30. The van der Waals surface area contributed by atoms with Gasteiger partial charge in [-0.25, -0.2) is 4.39 Å². The number of nitrogens with zero attached hydrogens (tertiary/aromatic N) is 1. The van der Waals surface area contributed by atoms with Crippen LogP contribution in [0.5, 0.6) is 0 Å². The molecule has 2 aliphatic heterocycles. The average Bonchev–Trinajstić information content (AvgIpc) is 2.97. The summed E-state index contributed by atoms with van der Waals surface area (Å²) < 4.78 is 14.9. The third-order valence-corrected chi connectivity index (χ3v) is 5.72. The predicted octanol–water partition coefficient (Wildman–Crippen LogP) is 5.11. The Morgan fingerprint density at radius 3 is 2.80 bits per heavy atom. The van der Waals surface area contributed by atoms with E-state index >= 15 is 0 Å². The van der Waals surface area contributed by atoms with Crippen molar-refractivity contribution in [3.05, 3.63) is 70.8 Å². The molecule has 130 valence electrons. The van der Waals surface area contributed by atoms with Crippen LogP contribution in [0.4, 0.5) is 10.1 Å². The van der Waals surface area contributed by atoms with Crippen molar-refractivity contribution in [3.8, 4) is 0 Å². The minimum atomic E-state index is -0.906. The minimum absolute atomic E-state index is 0.0492. The van der Waals surface area contributed by atoms with E-state index in [-0.39, 0.29) is 5.41 Å². The summed E-state index contributed by atoms with van der Waals surface area (Å²) in [5.41, 5.74) is 3.49. The number of hydrogen-bond donors (Lipinski definition) is 1. The van der Waals surface area contributed by atoms with Crippen LogP contribution in [-0.2, 0) is 5.41 Å². The van der Waals surface area contributed by atoms with E-state index < -0.39 is 6.30 Å². The Morgan fingerprint density at radius 1 is 1.20 bits per heavy atom. The Morgan fingerprint density at radius 2 is 2.00 bits per heavy atom. The molecule has 2 unspecified atom stereocenters. The van der Waals surface area contributed by atoms with Crippen molar-refractivity contribution in [3.63, 3.8) is 0 Å². The van der Waals surface area contributed by atoms with E-state index in [2.05, 4.69) is 23.5 Å². The van der Waals surface area contributed by atoms with E-state index in [0.29, 0.717) is 13.0 Å². The van der Waals surface area contributed by atoms with Gasteiger partial charge in [-0.1, -0.05) is 54.1 Å². The second-order valence-corrected chi connectivity index (χ2v) is 7.45. The van der Waals surface area contributed by atoms with Gasteiger partial charge in [0.1, 0.15) is 0 Å². The Hall–Kier alpha value is -1.84. The molecule has 2 aromatic carbocycles. The van der Waals surface area contributed by atoms with Crippen LogP contribution in [-0.4, -0.2) is 30.8 Å². The van der Waals surface area contributed by atoms with Gasteiger partial charge in [0, 0.05) is 42.2 Å². The second-order valence-electron chi connectivity index (χ2n) is 7.02. The van der Waals surface area contributed by atoms with Crippen LogP contribution in [0.1, 0.15) is 24.0 Å². The molecule has 0 aromatic heterocycles. The van der Waals surface area contributed by atoms with Crippen LogP contribution in [0.2, 0.25) is 5.02 Å². The van der Waals surface area contributed by atoms with Crippen molar-refractivity contribution in [1.29, 1.82) is 0 Å². The lowest BCUT2D eigenvalue weighted by Crippen LogP contribution is -2.48. The minimum Gasteiger partial charge on any atom is -0.384 e. The topological polar surface area (TPSA) is 15.3 Å². The van der Waals surface area contributed by atoms with Gasteiger partial charge in [0.15, 0.2) is 6.30 Å². The maximum Gasteiger partial charge on any atom is 0.154 e. The van der Waals surface area contributed by atoms with Gasteiger partial charge in [-0.3, -0.25) is 4.90 Å². The predicted molar refractivity (Wildman–Crippen MR) is 103 cm³/mol. The standard InChI is InChI=1S/C21H22ClFN2/c22-17-9-7-16(8-10-17)4-3-12-25-13-11-21(14-20(25)23)15-24-19-6-2-1-5-18(19)21/h1-10,20,24H,11-15H2/b4-3+. The number of para-hydroxylation sites is 1. The molecular weight excluding hydrogens is 335 g/mol. The third kappa shape index (κ3) is 3.31. The zero-order valence-corrected chi connectivity index (χ0v) is 14.8. The fourth-order valence-corrected chi connectivity index (χ4v) is 4.15. The Kier molecular flexibility index (Phi) is 4.53. The lowest BCUT2D eigenvalue weighted by Gasteiger charge is -2.41. The highest BCUT2D eigenvalue weighted by Gasteiger charge is 2.44. The molecule has 2 atom stereocenters. The summed E-state index contributed by atoms with van der Waals surface area (Å²) in [6.45, 7) is 2.26. The summed E-state index contributed by atoms with van der Waals surface area (Å²) in [7, 11) is 0. The quantitative estimate of drug-likeness (QED) is 0.769. The Bertz CT molecular complexity index is 774. The SMILES string of the molecule is FC1CC2(CCN1C/C=C/c1ccc(Cl)cc1)CNc1ccccc12. The number of rotatable bonds is 3. The number of hydrogen-bond acceptors (Lipinski definition) is 2. The van der Waals surface area contributed by atoms with Gasteiger partial charge in [0.25, 0.3) is 0 Å². The zero-order chi connectivity index (χ0) is 17.3. The van der Waals surface area contributed by atoms with Gasteiger partial charge < -0.3 is 5.32 Å². The number of nitrogens with one attached hydrogen (secondary N) is 1. The fraction of sp³-hybridized carbons (Fsp3) is 0.333. The molecule has 4 heteroatoms. The van der Waals surface area contributed by atoms with Crippen molar-refractivity contribution >= 4 is 23.4 Å². The molecule has 1 spiro atoms. The summed E-state index contributed by atoms with van der Waals surface area (Å²) in [6.07, 6.45) is 4.71. The first kappa shape index (κ1) is 16.6. The number of likely N-dealkylation sites (tertiary alicyclic amines) is 1. The normalized spacial score (nSPS) is 26.1. The smallest absolute Gasteiger partial charge is 0.154 e. The molecule has 2 aromatic rings. The van der Waals surface area contributed by atoms with E-state index in [1.807, 2.05) is 47.4 Å². The van der Waals surface area contributed by atoms with Crippen molar-refractivity contribution in [2.24, 2.45) is 0 Å². The number of piperidine rings is 1. The van der Waals surface area contributed by atoms with Gasteiger partial charge >= 0.3 is 0 Å². The van der Waals surface area contributed by atoms with Crippen LogP contribution >= 0.6 is 11.6 Å². The van der Waals surface area contributed by atoms with Gasteiger partial charge in [-0.2, -0.15) is 0 Å². The fourth-order valence-electron chi connectivity index (χ4n) is 4.02. The molecule has 1 saturated heterocycles. The third-order valence-electron chi connectivity index (χ3n) is 5.47. The van der Waals surface area contributed by atoms with Crippen LogP contribution < -0.4 is 5.32 Å². The van der Waals surface area contributed by atoms with Crippen LogP contribution in [0, 0.1) is 0 Å². The molecule has 1 N–H and O–H groups in total. The van der Waals surface area contributed by atoms with Crippen molar-refractivity contribution in [2.75, 3.05) is 25.0 Å². The molecule has 25 heavy (non-hydrogen) atoms. The Balaban J connectivity index is 1.40. The van der Waals surface area contributed by atoms with Crippen LogP contribution in [0.15, 0.2) is 54.6 Å². The molecule has 0 aliphatic carbocycles. The highest BCUT2D eigenvalue weighted by Crippen LogP contribution is 2.45. The van der Waals surface area contributed by atoms with Gasteiger partial charge in [0.05, 0.1) is 0 Å². The second kappa shape index (κ2) is 6.81.